The number of nitrogens with zero attached hydrogens (tertiary/aromatic N) is 3. The second kappa shape index (κ2) is 6.64. The molecule has 0 aromatic heterocycles. The minimum Gasteiger partial charge on any atom is -0.497 e. The molecule has 2 aromatic rings. The number of para-hydroxylation sites is 1. The predicted octanol–water partition coefficient (Wildman–Crippen LogP) is 4.16. The lowest BCUT2D eigenvalue weighted by Gasteiger charge is -2.19. The summed E-state index contributed by atoms with van der Waals surface area (Å²) in [5.41, 5.74) is 10.5. The molecule has 0 spiro atoms. The third kappa shape index (κ3) is 3.11. The molecule has 1 amide bonds. The summed E-state index contributed by atoms with van der Waals surface area (Å²) in [6, 6.07) is 14.2. The molecule has 0 bridgehead atoms. The highest BCUT2D eigenvalue weighted by atomic mass is 32.2. The Morgan fingerprint density at radius 1 is 1.22 bits per heavy atom. The van der Waals surface area contributed by atoms with Crippen LogP contribution in [0.3, 0.4) is 0 Å². The van der Waals surface area contributed by atoms with E-state index in [9.17, 15) is 4.79 Å². The van der Waals surface area contributed by atoms with Crippen LogP contribution in [0, 0.1) is 0 Å². The number of hydrogen-bond donors (Lipinski definition) is 1. The van der Waals surface area contributed by atoms with Gasteiger partial charge in [-0.1, -0.05) is 29.4 Å². The van der Waals surface area contributed by atoms with Crippen LogP contribution in [0.5, 0.6) is 5.75 Å². The summed E-state index contributed by atoms with van der Waals surface area (Å²) in [5.74, 6) is 0.429. The second-order valence-electron chi connectivity index (χ2n) is 4.95. The average Bonchev–Trinajstić information content (AvgIpc) is 2.72. The molecule has 7 heteroatoms. The molecule has 0 fully saturated rings. The van der Waals surface area contributed by atoms with Crippen LogP contribution in [-0.4, -0.2) is 19.1 Å². The van der Waals surface area contributed by atoms with Crippen molar-refractivity contribution >= 4 is 23.4 Å². The van der Waals surface area contributed by atoms with Gasteiger partial charge in [0, 0.05) is 9.81 Å². The van der Waals surface area contributed by atoms with Crippen molar-refractivity contribution < 1.29 is 9.53 Å². The van der Waals surface area contributed by atoms with E-state index in [-0.39, 0.29) is 11.2 Å². The lowest BCUT2D eigenvalue weighted by atomic mass is 10.0. The topological polar surface area (TPSA) is 87.1 Å². The Balaban J connectivity index is 2.05. The van der Waals surface area contributed by atoms with E-state index in [0.29, 0.717) is 0 Å². The van der Waals surface area contributed by atoms with E-state index in [2.05, 4.69) is 15.3 Å². The number of anilines is 1. The Hall–Kier alpha value is -2.63. The second-order valence-corrected chi connectivity index (χ2v) is 6.13. The van der Waals surface area contributed by atoms with E-state index in [1.165, 1.54) is 11.8 Å². The number of methoxy groups -OCH3 is 1. The molecule has 2 unspecified atom stereocenters. The molecule has 23 heavy (non-hydrogen) atoms. The largest absolute Gasteiger partial charge is 0.497 e. The van der Waals surface area contributed by atoms with Gasteiger partial charge in [0.1, 0.15) is 11.8 Å². The summed E-state index contributed by atoms with van der Waals surface area (Å²) >= 11 is 1.51. The van der Waals surface area contributed by atoms with Crippen molar-refractivity contribution in [2.45, 2.75) is 16.2 Å². The van der Waals surface area contributed by atoms with Crippen LogP contribution in [0.1, 0.15) is 10.8 Å². The van der Waals surface area contributed by atoms with Crippen molar-refractivity contribution in [3.63, 3.8) is 0 Å². The van der Waals surface area contributed by atoms with Gasteiger partial charge in [0.05, 0.1) is 18.0 Å². The molecule has 1 N–H and O–H groups in total. The molecule has 0 saturated heterocycles. The lowest BCUT2D eigenvalue weighted by Crippen LogP contribution is -2.28. The highest BCUT2D eigenvalue weighted by Crippen LogP contribution is 2.45. The van der Waals surface area contributed by atoms with Gasteiger partial charge in [-0.05, 0) is 35.4 Å². The molecule has 1 aliphatic heterocycles. The molecule has 1 aliphatic rings. The Bertz CT molecular complexity index is 772. The van der Waals surface area contributed by atoms with Crippen molar-refractivity contribution in [1.29, 1.82) is 0 Å². The highest BCUT2D eigenvalue weighted by molar-refractivity contribution is 7.99. The fourth-order valence-electron chi connectivity index (χ4n) is 2.43. The average molecular weight is 326 g/mol. The van der Waals surface area contributed by atoms with E-state index in [0.717, 1.165) is 21.9 Å². The van der Waals surface area contributed by atoms with E-state index in [4.69, 9.17) is 10.3 Å². The number of ether oxygens (including phenoxy) is 1. The number of azide groups is 1. The summed E-state index contributed by atoms with van der Waals surface area (Å²) in [4.78, 5) is 16.3. The molecule has 2 atom stereocenters. The van der Waals surface area contributed by atoms with Crippen molar-refractivity contribution in [2.75, 3.05) is 12.4 Å². The van der Waals surface area contributed by atoms with E-state index >= 15 is 0 Å². The predicted molar refractivity (Wildman–Crippen MR) is 89.6 cm³/mol. The van der Waals surface area contributed by atoms with Gasteiger partial charge in [-0.2, -0.15) is 0 Å². The zero-order valence-corrected chi connectivity index (χ0v) is 13.2. The summed E-state index contributed by atoms with van der Waals surface area (Å²) in [7, 11) is 1.60. The quantitative estimate of drug-likeness (QED) is 0.522. The van der Waals surface area contributed by atoms with Gasteiger partial charge < -0.3 is 10.1 Å². The zero-order valence-electron chi connectivity index (χ0n) is 12.3. The number of nitrogens with one attached hydrogen (secondary N) is 1. The van der Waals surface area contributed by atoms with Gasteiger partial charge in [0.25, 0.3) is 0 Å². The molecule has 3 rings (SSSR count). The Labute approximate surface area is 137 Å². The molecule has 0 aliphatic carbocycles. The van der Waals surface area contributed by atoms with Crippen molar-refractivity contribution in [1.82, 2.24) is 0 Å². The van der Waals surface area contributed by atoms with Crippen LogP contribution < -0.4 is 10.1 Å². The SMILES string of the molecule is COc1ccc(C2Sc3ccccc3NC(=O)C2N=[N+]=[N-])cc1. The zero-order chi connectivity index (χ0) is 16.2. The molecule has 6 nitrogen and oxygen atoms in total. The maximum absolute atomic E-state index is 12.5. The molecule has 1 heterocycles. The Morgan fingerprint density at radius 2 is 1.96 bits per heavy atom. The molecule has 0 saturated carbocycles. The fraction of sp³-hybridized carbons (Fsp3) is 0.188. The Morgan fingerprint density at radius 3 is 2.65 bits per heavy atom. The minimum atomic E-state index is -0.828. The minimum absolute atomic E-state index is 0.305. The third-order valence-corrected chi connectivity index (χ3v) is 4.97. The first-order valence-electron chi connectivity index (χ1n) is 6.97. The summed E-state index contributed by atoms with van der Waals surface area (Å²) < 4.78 is 5.16. The first-order chi connectivity index (χ1) is 11.2. The molecular formula is C16H14N4O2S. The molecule has 116 valence electrons. The van der Waals surface area contributed by atoms with Gasteiger partial charge in [-0.25, -0.2) is 0 Å². The van der Waals surface area contributed by atoms with E-state index in [1.54, 1.807) is 7.11 Å². The van der Waals surface area contributed by atoms with Crippen molar-refractivity contribution in [3.05, 3.63) is 64.5 Å². The lowest BCUT2D eigenvalue weighted by molar-refractivity contribution is -0.117. The fourth-order valence-corrected chi connectivity index (χ4v) is 3.71. The number of thioether (sulfide) groups is 1. The maximum Gasteiger partial charge on any atom is 0.234 e. The number of hydrogen-bond acceptors (Lipinski definition) is 4. The van der Waals surface area contributed by atoms with Crippen molar-refractivity contribution in [3.8, 4) is 5.75 Å². The van der Waals surface area contributed by atoms with Crippen LogP contribution in [0.4, 0.5) is 5.69 Å². The molecule has 0 radical (unpaired) electrons. The third-order valence-electron chi connectivity index (χ3n) is 3.57. The molecule has 2 aromatic carbocycles. The van der Waals surface area contributed by atoms with Crippen molar-refractivity contribution in [2.24, 2.45) is 5.11 Å². The van der Waals surface area contributed by atoms with Crippen LogP contribution in [0.15, 0.2) is 58.5 Å². The van der Waals surface area contributed by atoms with E-state index < -0.39 is 6.04 Å². The standard InChI is InChI=1S/C16H14N4O2S/c1-22-11-8-6-10(7-9-11)15-14(19-20-17)16(21)18-12-4-2-3-5-13(12)23-15/h2-9,14-15H,1H3,(H,18,21). The number of amides is 1. The number of benzene rings is 2. The Kier molecular flexibility index (Phi) is 4.41. The van der Waals surface area contributed by atoms with Crippen LogP contribution in [0.2, 0.25) is 0 Å². The molecular weight excluding hydrogens is 312 g/mol. The first-order valence-corrected chi connectivity index (χ1v) is 7.85. The number of rotatable bonds is 3. The summed E-state index contributed by atoms with van der Waals surface area (Å²) in [6.07, 6.45) is 0. The van der Waals surface area contributed by atoms with Crippen LogP contribution in [-0.2, 0) is 4.79 Å². The maximum atomic E-state index is 12.5. The first kappa shape index (κ1) is 15.3. The normalized spacial score (nSPS) is 19.8. The summed E-state index contributed by atoms with van der Waals surface area (Å²) in [5, 5.41) is 6.25. The summed E-state index contributed by atoms with van der Waals surface area (Å²) in [6.45, 7) is 0. The number of carbonyl (C=O) groups excluding carboxylic acids is 1. The van der Waals surface area contributed by atoms with Gasteiger partial charge in [-0.15, -0.1) is 11.8 Å². The van der Waals surface area contributed by atoms with Gasteiger partial charge in [-0.3, -0.25) is 4.79 Å². The smallest absolute Gasteiger partial charge is 0.234 e. The van der Waals surface area contributed by atoms with Crippen LogP contribution >= 0.6 is 11.8 Å². The monoisotopic (exact) mass is 326 g/mol. The van der Waals surface area contributed by atoms with Gasteiger partial charge in [0.2, 0.25) is 5.91 Å². The number of carbonyl (C=O) groups is 1. The van der Waals surface area contributed by atoms with E-state index in [1.807, 2.05) is 48.5 Å². The number of fused-ring (bicyclic) bond motifs is 1. The van der Waals surface area contributed by atoms with Gasteiger partial charge >= 0.3 is 0 Å². The highest BCUT2D eigenvalue weighted by Gasteiger charge is 2.33. The van der Waals surface area contributed by atoms with Gasteiger partial charge in [0.15, 0.2) is 0 Å². The van der Waals surface area contributed by atoms with Crippen LogP contribution in [0.25, 0.3) is 10.4 Å².